The molecule has 2 heterocycles. The number of anilines is 1. The van der Waals surface area contributed by atoms with Crippen LogP contribution in [-0.4, -0.2) is 30.9 Å². The fraction of sp³-hybridized carbons (Fsp3) is 0.222. The van der Waals surface area contributed by atoms with Crippen LogP contribution in [-0.2, 0) is 11.3 Å². The van der Waals surface area contributed by atoms with Crippen LogP contribution in [0.15, 0.2) is 60.0 Å². The maximum Gasteiger partial charge on any atom is 0.237 e. The Bertz CT molecular complexity index is 835. The predicted molar refractivity (Wildman–Crippen MR) is 99.3 cm³/mol. The first-order valence-corrected chi connectivity index (χ1v) is 8.93. The number of carbonyl (C=O) groups excluding carboxylic acids is 1. The zero-order valence-corrected chi connectivity index (χ0v) is 14.9. The van der Waals surface area contributed by atoms with E-state index in [0.717, 1.165) is 22.2 Å². The van der Waals surface area contributed by atoms with E-state index in [-0.39, 0.29) is 11.2 Å². The lowest BCUT2D eigenvalue weighted by molar-refractivity contribution is -0.115. The van der Waals surface area contributed by atoms with E-state index < -0.39 is 0 Å². The fourth-order valence-corrected chi connectivity index (χ4v) is 3.26. The number of para-hydroxylation sites is 1. The SMILES string of the molecule is CCn1c(S[C@H](C)C(=O)Nc2ccccc2)nnc1-c1cccnc1. The monoisotopic (exact) mass is 353 g/mol. The number of rotatable bonds is 6. The van der Waals surface area contributed by atoms with Gasteiger partial charge in [0, 0.05) is 30.2 Å². The minimum absolute atomic E-state index is 0.0650. The highest BCUT2D eigenvalue weighted by molar-refractivity contribution is 8.00. The van der Waals surface area contributed by atoms with E-state index >= 15 is 0 Å². The van der Waals surface area contributed by atoms with E-state index in [1.807, 2.05) is 60.9 Å². The van der Waals surface area contributed by atoms with Gasteiger partial charge in [-0.15, -0.1) is 10.2 Å². The van der Waals surface area contributed by atoms with Crippen molar-refractivity contribution in [2.24, 2.45) is 0 Å². The fourth-order valence-electron chi connectivity index (χ4n) is 2.35. The third kappa shape index (κ3) is 4.06. The van der Waals surface area contributed by atoms with Crippen molar-refractivity contribution >= 4 is 23.4 Å². The smallest absolute Gasteiger partial charge is 0.237 e. The molecule has 1 aromatic carbocycles. The summed E-state index contributed by atoms with van der Waals surface area (Å²) < 4.78 is 1.99. The topological polar surface area (TPSA) is 72.7 Å². The lowest BCUT2D eigenvalue weighted by Gasteiger charge is -2.12. The zero-order chi connectivity index (χ0) is 17.6. The Morgan fingerprint density at radius 1 is 1.20 bits per heavy atom. The molecule has 25 heavy (non-hydrogen) atoms. The highest BCUT2D eigenvalue weighted by atomic mass is 32.2. The van der Waals surface area contributed by atoms with Gasteiger partial charge in [-0.25, -0.2) is 0 Å². The molecule has 1 amide bonds. The second kappa shape index (κ2) is 7.94. The van der Waals surface area contributed by atoms with Crippen LogP contribution in [0.4, 0.5) is 5.69 Å². The molecule has 0 saturated heterocycles. The summed E-state index contributed by atoms with van der Waals surface area (Å²) in [5, 5.41) is 11.9. The molecule has 7 heteroatoms. The van der Waals surface area contributed by atoms with Crippen LogP contribution >= 0.6 is 11.8 Å². The summed E-state index contributed by atoms with van der Waals surface area (Å²) in [5.74, 6) is 0.693. The Hall–Kier alpha value is -2.67. The number of nitrogens with zero attached hydrogens (tertiary/aromatic N) is 4. The number of thioether (sulfide) groups is 1. The first-order chi connectivity index (χ1) is 12.2. The van der Waals surface area contributed by atoms with E-state index in [4.69, 9.17) is 0 Å². The van der Waals surface area contributed by atoms with Crippen molar-refractivity contribution in [1.82, 2.24) is 19.7 Å². The van der Waals surface area contributed by atoms with E-state index in [1.165, 1.54) is 11.8 Å². The van der Waals surface area contributed by atoms with E-state index in [9.17, 15) is 4.79 Å². The van der Waals surface area contributed by atoms with E-state index in [2.05, 4.69) is 20.5 Å². The molecular weight excluding hydrogens is 334 g/mol. The minimum Gasteiger partial charge on any atom is -0.325 e. The van der Waals surface area contributed by atoms with Gasteiger partial charge in [-0.2, -0.15) is 0 Å². The maximum atomic E-state index is 12.4. The summed E-state index contributed by atoms with van der Waals surface area (Å²) in [5.41, 5.74) is 1.69. The molecule has 0 unspecified atom stereocenters. The molecule has 0 aliphatic carbocycles. The van der Waals surface area contributed by atoms with Gasteiger partial charge in [0.1, 0.15) is 0 Å². The number of pyridine rings is 1. The van der Waals surface area contributed by atoms with Crippen LogP contribution in [0.5, 0.6) is 0 Å². The number of amides is 1. The Morgan fingerprint density at radius 2 is 2.00 bits per heavy atom. The number of aromatic nitrogens is 4. The van der Waals surface area contributed by atoms with Crippen molar-refractivity contribution in [2.75, 3.05) is 5.32 Å². The summed E-state index contributed by atoms with van der Waals surface area (Å²) in [7, 11) is 0. The minimum atomic E-state index is -0.295. The van der Waals surface area contributed by atoms with Gasteiger partial charge in [-0.1, -0.05) is 30.0 Å². The van der Waals surface area contributed by atoms with E-state index in [1.54, 1.807) is 12.4 Å². The predicted octanol–water partition coefficient (Wildman–Crippen LogP) is 3.48. The van der Waals surface area contributed by atoms with Crippen molar-refractivity contribution < 1.29 is 4.79 Å². The largest absolute Gasteiger partial charge is 0.325 e. The van der Waals surface area contributed by atoms with Gasteiger partial charge in [-0.05, 0) is 38.1 Å². The van der Waals surface area contributed by atoms with Gasteiger partial charge in [0.05, 0.1) is 5.25 Å². The molecule has 1 atom stereocenters. The average molecular weight is 353 g/mol. The summed E-state index contributed by atoms with van der Waals surface area (Å²) >= 11 is 1.39. The molecule has 0 aliphatic heterocycles. The van der Waals surface area contributed by atoms with Crippen LogP contribution < -0.4 is 5.32 Å². The Kier molecular flexibility index (Phi) is 5.45. The zero-order valence-electron chi connectivity index (χ0n) is 14.1. The number of hydrogen-bond acceptors (Lipinski definition) is 5. The molecule has 0 spiro atoms. The van der Waals surface area contributed by atoms with Gasteiger partial charge in [0.25, 0.3) is 0 Å². The molecule has 3 rings (SSSR count). The first-order valence-electron chi connectivity index (χ1n) is 8.05. The summed E-state index contributed by atoms with van der Waals surface area (Å²) in [6.45, 7) is 4.61. The second-order valence-corrected chi connectivity index (χ2v) is 6.72. The Balaban J connectivity index is 1.74. The van der Waals surface area contributed by atoms with Crippen LogP contribution in [0, 0.1) is 0 Å². The molecule has 0 aliphatic rings. The summed E-state index contributed by atoms with van der Waals surface area (Å²) in [6.07, 6.45) is 3.48. The van der Waals surface area contributed by atoms with Gasteiger partial charge < -0.3 is 9.88 Å². The molecule has 0 fully saturated rings. The summed E-state index contributed by atoms with van der Waals surface area (Å²) in [4.78, 5) is 16.5. The molecule has 2 aromatic heterocycles. The Labute approximate surface area is 150 Å². The van der Waals surface area contributed by atoms with Crippen LogP contribution in [0.25, 0.3) is 11.4 Å². The first kappa shape index (κ1) is 17.2. The molecule has 3 aromatic rings. The molecule has 6 nitrogen and oxygen atoms in total. The lowest BCUT2D eigenvalue weighted by atomic mass is 10.3. The third-order valence-electron chi connectivity index (χ3n) is 3.65. The van der Waals surface area contributed by atoms with Gasteiger partial charge >= 0.3 is 0 Å². The highest BCUT2D eigenvalue weighted by Gasteiger charge is 2.20. The number of nitrogens with one attached hydrogen (secondary N) is 1. The van der Waals surface area contributed by atoms with Crippen LogP contribution in [0.2, 0.25) is 0 Å². The van der Waals surface area contributed by atoms with Crippen molar-refractivity contribution in [2.45, 2.75) is 30.8 Å². The number of hydrogen-bond donors (Lipinski definition) is 1. The molecule has 1 N–H and O–H groups in total. The third-order valence-corrected chi connectivity index (χ3v) is 4.73. The molecule has 128 valence electrons. The second-order valence-electron chi connectivity index (χ2n) is 5.41. The van der Waals surface area contributed by atoms with Crippen molar-refractivity contribution in [3.63, 3.8) is 0 Å². The van der Waals surface area contributed by atoms with Gasteiger partial charge in [-0.3, -0.25) is 9.78 Å². The van der Waals surface area contributed by atoms with Gasteiger partial charge in [0.15, 0.2) is 11.0 Å². The van der Waals surface area contributed by atoms with Gasteiger partial charge in [0.2, 0.25) is 5.91 Å². The van der Waals surface area contributed by atoms with Crippen molar-refractivity contribution in [3.8, 4) is 11.4 Å². The number of benzene rings is 1. The quantitative estimate of drug-likeness (QED) is 0.687. The molecular formula is C18H19N5OS. The molecule has 0 saturated carbocycles. The normalized spacial score (nSPS) is 11.9. The molecule has 0 bridgehead atoms. The van der Waals surface area contributed by atoms with Crippen LogP contribution in [0.1, 0.15) is 13.8 Å². The lowest BCUT2D eigenvalue weighted by Crippen LogP contribution is -2.22. The van der Waals surface area contributed by atoms with E-state index in [0.29, 0.717) is 6.54 Å². The van der Waals surface area contributed by atoms with Crippen LogP contribution in [0.3, 0.4) is 0 Å². The standard InChI is InChI=1S/C18H19N5OS/c1-3-23-16(14-8-7-11-19-12-14)21-22-18(23)25-13(2)17(24)20-15-9-5-4-6-10-15/h4-13H,3H2,1-2H3,(H,20,24)/t13-/m1/s1. The Morgan fingerprint density at radius 3 is 2.68 bits per heavy atom. The van der Waals surface area contributed by atoms with Crippen molar-refractivity contribution in [1.29, 1.82) is 0 Å². The number of carbonyl (C=O) groups is 1. The summed E-state index contributed by atoms with van der Waals surface area (Å²) in [6, 6.07) is 13.2. The molecule has 0 radical (unpaired) electrons. The highest BCUT2D eigenvalue weighted by Crippen LogP contribution is 2.27. The maximum absolute atomic E-state index is 12.4. The average Bonchev–Trinajstić information content (AvgIpc) is 3.05. The van der Waals surface area contributed by atoms with Crippen molar-refractivity contribution in [3.05, 3.63) is 54.9 Å².